The van der Waals surface area contributed by atoms with Crippen LogP contribution in [-0.4, -0.2) is 63.0 Å². The predicted octanol–water partition coefficient (Wildman–Crippen LogP) is 4.62. The van der Waals surface area contributed by atoms with Gasteiger partial charge in [0.15, 0.2) is 5.96 Å². The molecule has 4 rings (SSSR count). The van der Waals surface area contributed by atoms with Gasteiger partial charge in [0, 0.05) is 43.7 Å². The number of rotatable bonds is 6. The molecule has 1 aromatic rings. The predicted molar refractivity (Wildman–Crippen MR) is 133 cm³/mol. The van der Waals surface area contributed by atoms with E-state index in [4.69, 9.17) is 21.1 Å². The number of ether oxygens (including phenoxy) is 2. The SMILES string of the molecule is CN=C(NCC1(c2cccc(Cl)c2)CC1)N1CCC(OCC2CCCCO2)CC1.I. The molecule has 5 nitrogen and oxygen atoms in total. The highest BCUT2D eigenvalue weighted by Crippen LogP contribution is 2.48. The molecule has 0 spiro atoms. The lowest BCUT2D eigenvalue weighted by Gasteiger charge is -2.35. The second-order valence-electron chi connectivity index (χ2n) is 8.70. The van der Waals surface area contributed by atoms with Crippen LogP contribution in [0.4, 0.5) is 0 Å². The Kier molecular flexibility index (Phi) is 9.10. The minimum Gasteiger partial charge on any atom is -0.376 e. The molecule has 0 bridgehead atoms. The van der Waals surface area contributed by atoms with E-state index in [1.54, 1.807) is 0 Å². The molecule has 2 aliphatic heterocycles. The van der Waals surface area contributed by atoms with Crippen LogP contribution in [-0.2, 0) is 14.9 Å². The third-order valence-corrected chi connectivity index (χ3v) is 6.86. The van der Waals surface area contributed by atoms with Gasteiger partial charge in [0.05, 0.1) is 18.8 Å². The van der Waals surface area contributed by atoms with Crippen molar-refractivity contribution in [3.05, 3.63) is 34.9 Å². The fourth-order valence-corrected chi connectivity index (χ4v) is 4.72. The van der Waals surface area contributed by atoms with Gasteiger partial charge in [0.25, 0.3) is 0 Å². The van der Waals surface area contributed by atoms with E-state index in [2.05, 4.69) is 33.4 Å². The van der Waals surface area contributed by atoms with Crippen molar-refractivity contribution in [3.8, 4) is 0 Å². The summed E-state index contributed by atoms with van der Waals surface area (Å²) in [6, 6.07) is 8.30. The van der Waals surface area contributed by atoms with Crippen molar-refractivity contribution < 1.29 is 9.47 Å². The number of benzene rings is 1. The van der Waals surface area contributed by atoms with Crippen LogP contribution in [0.1, 0.15) is 50.5 Å². The van der Waals surface area contributed by atoms with Crippen molar-refractivity contribution >= 4 is 41.5 Å². The van der Waals surface area contributed by atoms with Crippen LogP contribution in [0.25, 0.3) is 0 Å². The molecule has 1 unspecified atom stereocenters. The maximum absolute atomic E-state index is 6.21. The summed E-state index contributed by atoms with van der Waals surface area (Å²) in [5.41, 5.74) is 1.55. The van der Waals surface area contributed by atoms with Crippen LogP contribution in [0.5, 0.6) is 0 Å². The zero-order valence-corrected chi connectivity index (χ0v) is 21.0. The summed E-state index contributed by atoms with van der Waals surface area (Å²) in [7, 11) is 1.88. The van der Waals surface area contributed by atoms with Crippen LogP contribution >= 0.6 is 35.6 Å². The number of hydrogen-bond donors (Lipinski definition) is 1. The average molecular weight is 548 g/mol. The Morgan fingerprint density at radius 1 is 1.27 bits per heavy atom. The highest BCUT2D eigenvalue weighted by molar-refractivity contribution is 14.0. The molecule has 30 heavy (non-hydrogen) atoms. The van der Waals surface area contributed by atoms with Crippen molar-refractivity contribution in [3.63, 3.8) is 0 Å². The van der Waals surface area contributed by atoms with Crippen LogP contribution in [0.3, 0.4) is 0 Å². The van der Waals surface area contributed by atoms with Crippen LogP contribution in [0.2, 0.25) is 5.02 Å². The van der Waals surface area contributed by atoms with Gasteiger partial charge in [-0.25, -0.2) is 0 Å². The molecule has 0 amide bonds. The summed E-state index contributed by atoms with van der Waals surface area (Å²) in [5, 5.41) is 4.45. The lowest BCUT2D eigenvalue weighted by atomic mass is 9.96. The summed E-state index contributed by atoms with van der Waals surface area (Å²) in [4.78, 5) is 6.91. The molecule has 1 aromatic carbocycles. The highest BCUT2D eigenvalue weighted by atomic mass is 127. The van der Waals surface area contributed by atoms with Gasteiger partial charge in [0.2, 0.25) is 0 Å². The first kappa shape index (κ1) is 24.1. The van der Waals surface area contributed by atoms with Gasteiger partial charge in [-0.2, -0.15) is 0 Å². The number of hydrogen-bond acceptors (Lipinski definition) is 3. The van der Waals surface area contributed by atoms with E-state index < -0.39 is 0 Å². The zero-order valence-electron chi connectivity index (χ0n) is 17.9. The standard InChI is InChI=1S/C23H34ClN3O2.HI/c1-25-22(26-17-23(10-11-23)18-5-4-6-19(24)15-18)27-12-8-20(9-13-27)29-16-21-7-2-3-14-28-21;/h4-6,15,20-21H,2-3,7-14,16-17H2,1H3,(H,25,26);1H. The Balaban J connectivity index is 0.00000256. The normalized spacial score (nSPS) is 24.3. The topological polar surface area (TPSA) is 46.1 Å². The second kappa shape index (κ2) is 11.3. The van der Waals surface area contributed by atoms with Gasteiger partial charge in [-0.15, -0.1) is 24.0 Å². The second-order valence-corrected chi connectivity index (χ2v) is 9.14. The third kappa shape index (κ3) is 6.24. The summed E-state index contributed by atoms with van der Waals surface area (Å²) in [6.45, 7) is 4.53. The maximum atomic E-state index is 6.21. The van der Waals surface area contributed by atoms with Crippen LogP contribution < -0.4 is 5.32 Å². The number of piperidine rings is 1. The number of likely N-dealkylation sites (tertiary alicyclic amines) is 1. The van der Waals surface area contributed by atoms with E-state index in [1.165, 1.54) is 31.2 Å². The quantitative estimate of drug-likeness (QED) is 0.321. The summed E-state index contributed by atoms with van der Waals surface area (Å²) < 4.78 is 11.9. The smallest absolute Gasteiger partial charge is 0.193 e. The number of aliphatic imine (C=N–C) groups is 1. The first-order valence-electron chi connectivity index (χ1n) is 11.1. The maximum Gasteiger partial charge on any atom is 0.193 e. The van der Waals surface area contributed by atoms with Gasteiger partial charge in [-0.3, -0.25) is 4.99 Å². The van der Waals surface area contributed by atoms with Crippen LogP contribution in [0.15, 0.2) is 29.3 Å². The van der Waals surface area contributed by atoms with E-state index in [-0.39, 0.29) is 29.4 Å². The van der Waals surface area contributed by atoms with Gasteiger partial charge >= 0.3 is 0 Å². The molecule has 3 fully saturated rings. The molecule has 1 N–H and O–H groups in total. The Labute approximate surface area is 202 Å². The lowest BCUT2D eigenvalue weighted by molar-refractivity contribution is -0.0721. The van der Waals surface area contributed by atoms with Crippen molar-refractivity contribution in [1.29, 1.82) is 0 Å². The molecule has 1 saturated carbocycles. The molecular weight excluding hydrogens is 513 g/mol. The van der Waals surface area contributed by atoms with E-state index >= 15 is 0 Å². The fraction of sp³-hybridized carbons (Fsp3) is 0.696. The molecular formula is C23H35ClIN3O2. The molecule has 3 aliphatic rings. The summed E-state index contributed by atoms with van der Waals surface area (Å²) in [5.74, 6) is 1.01. The first-order chi connectivity index (χ1) is 14.2. The van der Waals surface area contributed by atoms with Crippen molar-refractivity contribution in [2.24, 2.45) is 4.99 Å². The number of guanidine groups is 1. The molecule has 0 aromatic heterocycles. The molecule has 2 heterocycles. The van der Waals surface area contributed by atoms with Crippen LogP contribution in [0, 0.1) is 0 Å². The number of nitrogens with zero attached hydrogens (tertiary/aromatic N) is 2. The monoisotopic (exact) mass is 547 g/mol. The molecule has 1 atom stereocenters. The lowest BCUT2D eigenvalue weighted by Crippen LogP contribution is -2.48. The van der Waals surface area contributed by atoms with Gasteiger partial charge in [-0.1, -0.05) is 23.7 Å². The largest absolute Gasteiger partial charge is 0.376 e. The Morgan fingerprint density at radius 3 is 2.70 bits per heavy atom. The Bertz CT molecular complexity index is 699. The Hall–Kier alpha value is -0.570. The molecule has 168 valence electrons. The van der Waals surface area contributed by atoms with E-state index in [0.29, 0.717) is 12.2 Å². The van der Waals surface area contributed by atoms with Crippen molar-refractivity contribution in [2.45, 2.75) is 62.6 Å². The van der Waals surface area contributed by atoms with Gasteiger partial charge in [0.1, 0.15) is 0 Å². The zero-order chi connectivity index (χ0) is 20.1. The van der Waals surface area contributed by atoms with Crippen molar-refractivity contribution in [2.75, 3.05) is 39.9 Å². The van der Waals surface area contributed by atoms with Gasteiger partial charge in [-0.05, 0) is 62.6 Å². The number of nitrogens with one attached hydrogen (secondary N) is 1. The van der Waals surface area contributed by atoms with Gasteiger partial charge < -0.3 is 19.7 Å². The number of halogens is 2. The highest BCUT2D eigenvalue weighted by Gasteiger charge is 2.44. The minimum atomic E-state index is 0. The summed E-state index contributed by atoms with van der Waals surface area (Å²) >= 11 is 6.21. The van der Waals surface area contributed by atoms with Crippen molar-refractivity contribution in [1.82, 2.24) is 10.2 Å². The molecule has 7 heteroatoms. The van der Waals surface area contributed by atoms with E-state index in [1.807, 2.05) is 13.1 Å². The fourth-order valence-electron chi connectivity index (χ4n) is 4.53. The minimum absolute atomic E-state index is 0. The van der Waals surface area contributed by atoms with E-state index in [0.717, 1.165) is 63.1 Å². The molecule has 0 radical (unpaired) electrons. The average Bonchev–Trinajstić information content (AvgIpc) is 3.55. The third-order valence-electron chi connectivity index (χ3n) is 6.62. The Morgan fingerprint density at radius 2 is 2.07 bits per heavy atom. The first-order valence-corrected chi connectivity index (χ1v) is 11.5. The molecule has 1 aliphatic carbocycles. The molecule has 2 saturated heterocycles. The summed E-state index contributed by atoms with van der Waals surface area (Å²) in [6.07, 6.45) is 8.76. The van der Waals surface area contributed by atoms with E-state index in [9.17, 15) is 0 Å².